The van der Waals surface area contributed by atoms with Gasteiger partial charge in [-0.15, -0.1) is 0 Å². The Hall–Kier alpha value is -3.16. The number of nitrogens with one attached hydrogen (secondary N) is 1. The van der Waals surface area contributed by atoms with E-state index in [4.69, 9.17) is 11.6 Å². The van der Waals surface area contributed by atoms with E-state index >= 15 is 0 Å². The molecule has 1 amide bonds. The molecule has 160 valence electrons. The highest BCUT2D eigenvalue weighted by Gasteiger charge is 2.18. The van der Waals surface area contributed by atoms with Gasteiger partial charge in [0.05, 0.1) is 24.7 Å². The number of nitrogens with zero attached hydrogens (tertiary/aromatic N) is 2. The molecule has 1 N–H and O–H groups in total. The fraction of sp³-hybridized carbons (Fsp3) is 0.130. The molecule has 0 fully saturated rings. The molecule has 3 aromatic carbocycles. The first-order chi connectivity index (χ1) is 14.7. The van der Waals surface area contributed by atoms with Crippen molar-refractivity contribution in [2.45, 2.75) is 13.5 Å². The van der Waals surface area contributed by atoms with E-state index < -0.39 is 15.9 Å². The molecule has 0 saturated carbocycles. The van der Waals surface area contributed by atoms with Crippen LogP contribution in [0.25, 0.3) is 0 Å². The normalized spacial score (nSPS) is 11.5. The van der Waals surface area contributed by atoms with Gasteiger partial charge in [-0.05, 0) is 54.4 Å². The minimum atomic E-state index is -3.51. The molecule has 0 saturated heterocycles. The van der Waals surface area contributed by atoms with Crippen molar-refractivity contribution in [1.29, 1.82) is 0 Å². The summed E-state index contributed by atoms with van der Waals surface area (Å²) in [5.41, 5.74) is 6.00. The number of carbonyl (C=O) groups excluding carboxylic acids is 1. The first kappa shape index (κ1) is 22.5. The number of hydrogen-bond donors (Lipinski definition) is 1. The monoisotopic (exact) mass is 455 g/mol. The zero-order chi connectivity index (χ0) is 22.4. The van der Waals surface area contributed by atoms with Crippen molar-refractivity contribution >= 4 is 39.4 Å². The lowest BCUT2D eigenvalue weighted by Crippen LogP contribution is -2.29. The number of anilines is 1. The first-order valence-corrected chi connectivity index (χ1v) is 11.7. The average molecular weight is 456 g/mol. The van der Waals surface area contributed by atoms with E-state index in [0.29, 0.717) is 16.3 Å². The van der Waals surface area contributed by atoms with Crippen molar-refractivity contribution < 1.29 is 13.2 Å². The number of carbonyl (C=O) groups is 1. The maximum atomic E-state index is 12.3. The van der Waals surface area contributed by atoms with E-state index in [-0.39, 0.29) is 6.54 Å². The van der Waals surface area contributed by atoms with Crippen molar-refractivity contribution in [2.75, 3.05) is 10.6 Å². The van der Waals surface area contributed by atoms with Gasteiger partial charge in [0.2, 0.25) is 10.0 Å². The minimum absolute atomic E-state index is 0.203. The second-order valence-electron chi connectivity index (χ2n) is 7.06. The average Bonchev–Trinajstić information content (AvgIpc) is 2.72. The maximum absolute atomic E-state index is 12.3. The fourth-order valence-electron chi connectivity index (χ4n) is 2.86. The Bertz CT molecular complexity index is 1190. The Labute approximate surface area is 187 Å². The Kier molecular flexibility index (Phi) is 7.09. The lowest BCUT2D eigenvalue weighted by Gasteiger charge is -2.22. The number of amides is 1. The number of halogens is 1. The molecule has 0 aliphatic heterocycles. The van der Waals surface area contributed by atoms with E-state index in [9.17, 15) is 13.2 Å². The molecule has 0 aliphatic rings. The summed E-state index contributed by atoms with van der Waals surface area (Å²) in [6, 6.07) is 21.1. The minimum Gasteiger partial charge on any atom is -0.267 e. The molecule has 8 heteroatoms. The van der Waals surface area contributed by atoms with Crippen molar-refractivity contribution in [3.05, 3.63) is 100 Å². The van der Waals surface area contributed by atoms with Gasteiger partial charge in [-0.25, -0.2) is 13.8 Å². The molecule has 0 atom stereocenters. The van der Waals surface area contributed by atoms with Crippen molar-refractivity contribution in [2.24, 2.45) is 5.10 Å². The Morgan fingerprint density at radius 3 is 2.35 bits per heavy atom. The quantitative estimate of drug-likeness (QED) is 0.424. The number of benzene rings is 3. The molecular weight excluding hydrogens is 434 g/mol. The summed E-state index contributed by atoms with van der Waals surface area (Å²) in [6.07, 6.45) is 2.65. The van der Waals surface area contributed by atoms with Crippen LogP contribution in [0.1, 0.15) is 27.0 Å². The highest BCUT2D eigenvalue weighted by atomic mass is 35.5. The van der Waals surface area contributed by atoms with Crippen LogP contribution in [0.5, 0.6) is 0 Å². The van der Waals surface area contributed by atoms with Gasteiger partial charge in [0.15, 0.2) is 0 Å². The smallest absolute Gasteiger partial charge is 0.267 e. The van der Waals surface area contributed by atoms with Gasteiger partial charge < -0.3 is 0 Å². The third kappa shape index (κ3) is 6.41. The zero-order valence-corrected chi connectivity index (χ0v) is 18.7. The highest BCUT2D eigenvalue weighted by Crippen LogP contribution is 2.21. The topological polar surface area (TPSA) is 78.8 Å². The predicted octanol–water partition coefficient (Wildman–Crippen LogP) is 4.38. The molecule has 0 bridgehead atoms. The van der Waals surface area contributed by atoms with Gasteiger partial charge in [-0.1, -0.05) is 53.6 Å². The van der Waals surface area contributed by atoms with Crippen LogP contribution in [0, 0.1) is 6.92 Å². The van der Waals surface area contributed by atoms with E-state index in [1.54, 1.807) is 42.5 Å². The lowest BCUT2D eigenvalue weighted by molar-refractivity contribution is 0.0955. The molecule has 0 aromatic heterocycles. The fourth-order valence-corrected chi connectivity index (χ4v) is 3.94. The van der Waals surface area contributed by atoms with E-state index in [0.717, 1.165) is 22.9 Å². The second kappa shape index (κ2) is 9.76. The van der Waals surface area contributed by atoms with Crippen LogP contribution in [0.3, 0.4) is 0 Å². The van der Waals surface area contributed by atoms with Crippen LogP contribution in [-0.4, -0.2) is 26.8 Å². The van der Waals surface area contributed by atoms with Gasteiger partial charge in [0.1, 0.15) is 0 Å². The molecule has 0 radical (unpaired) electrons. The zero-order valence-electron chi connectivity index (χ0n) is 17.1. The third-order valence-electron chi connectivity index (χ3n) is 4.49. The Morgan fingerprint density at radius 2 is 1.74 bits per heavy atom. The summed E-state index contributed by atoms with van der Waals surface area (Å²) >= 11 is 5.92. The van der Waals surface area contributed by atoms with Crippen LogP contribution >= 0.6 is 11.6 Å². The Balaban J connectivity index is 1.71. The summed E-state index contributed by atoms with van der Waals surface area (Å²) in [7, 11) is -3.51. The van der Waals surface area contributed by atoms with E-state index in [2.05, 4.69) is 10.5 Å². The van der Waals surface area contributed by atoms with E-state index in [1.165, 1.54) is 10.5 Å². The molecular formula is C23H22ClN3O3S. The maximum Gasteiger partial charge on any atom is 0.271 e. The lowest BCUT2D eigenvalue weighted by atomic mass is 10.1. The largest absolute Gasteiger partial charge is 0.271 e. The van der Waals surface area contributed by atoms with Gasteiger partial charge in [-0.3, -0.25) is 9.10 Å². The third-order valence-corrected chi connectivity index (χ3v) is 5.87. The summed E-state index contributed by atoms with van der Waals surface area (Å²) in [4.78, 5) is 12.3. The summed E-state index contributed by atoms with van der Waals surface area (Å²) in [5.74, 6) is -0.408. The molecule has 0 heterocycles. The molecule has 3 rings (SSSR count). The number of aryl methyl sites for hydroxylation is 1. The first-order valence-electron chi connectivity index (χ1n) is 9.45. The van der Waals surface area contributed by atoms with Crippen LogP contribution in [-0.2, 0) is 16.6 Å². The van der Waals surface area contributed by atoms with Crippen molar-refractivity contribution in [1.82, 2.24) is 5.43 Å². The molecule has 0 aliphatic carbocycles. The Morgan fingerprint density at radius 1 is 1.06 bits per heavy atom. The summed E-state index contributed by atoms with van der Waals surface area (Å²) in [6.45, 7) is 2.18. The van der Waals surface area contributed by atoms with Gasteiger partial charge in [-0.2, -0.15) is 5.10 Å². The molecule has 31 heavy (non-hydrogen) atoms. The molecule has 6 nitrogen and oxygen atoms in total. The van der Waals surface area contributed by atoms with Crippen molar-refractivity contribution in [3.8, 4) is 0 Å². The van der Waals surface area contributed by atoms with Gasteiger partial charge in [0.25, 0.3) is 5.91 Å². The number of rotatable bonds is 7. The highest BCUT2D eigenvalue weighted by molar-refractivity contribution is 7.92. The number of hydrazone groups is 1. The summed E-state index contributed by atoms with van der Waals surface area (Å²) < 4.78 is 26.0. The SMILES string of the molecule is Cc1ccc(CN(c2ccc(C(=O)N/N=C\c3cccc(Cl)c3)cc2)S(C)(=O)=O)cc1. The number of sulfonamides is 1. The predicted molar refractivity (Wildman–Crippen MR) is 125 cm³/mol. The van der Waals surface area contributed by atoms with Crippen molar-refractivity contribution in [3.63, 3.8) is 0 Å². The van der Waals surface area contributed by atoms with Crippen LogP contribution in [0.4, 0.5) is 5.69 Å². The molecule has 0 spiro atoms. The van der Waals surface area contributed by atoms with Gasteiger partial charge in [0, 0.05) is 10.6 Å². The van der Waals surface area contributed by atoms with Crippen LogP contribution < -0.4 is 9.73 Å². The number of hydrogen-bond acceptors (Lipinski definition) is 4. The standard InChI is InChI=1S/C23H22ClN3O3S/c1-17-6-8-18(9-7-17)16-27(31(2,29)30)22-12-10-20(11-13-22)23(28)26-25-15-19-4-3-5-21(24)14-19/h3-15H,16H2,1-2H3,(H,26,28)/b25-15-. The summed E-state index contributed by atoms with van der Waals surface area (Å²) in [5, 5.41) is 4.51. The van der Waals surface area contributed by atoms with Crippen LogP contribution in [0.2, 0.25) is 5.02 Å². The van der Waals surface area contributed by atoms with Crippen LogP contribution in [0.15, 0.2) is 77.9 Å². The molecule has 3 aromatic rings. The van der Waals surface area contributed by atoms with E-state index in [1.807, 2.05) is 37.3 Å². The molecule has 0 unspecified atom stereocenters. The second-order valence-corrected chi connectivity index (χ2v) is 9.40. The van der Waals surface area contributed by atoms with Gasteiger partial charge >= 0.3 is 0 Å².